The van der Waals surface area contributed by atoms with Crippen LogP contribution < -0.4 is 0 Å². The van der Waals surface area contributed by atoms with E-state index in [0.29, 0.717) is 0 Å². The highest BCUT2D eigenvalue weighted by Crippen LogP contribution is 2.66. The van der Waals surface area contributed by atoms with Crippen LogP contribution in [0.1, 0.15) is 20.8 Å². The Hall–Kier alpha value is 0.370. The lowest BCUT2D eigenvalue weighted by Crippen LogP contribution is -2.46. The first kappa shape index (κ1) is 20.4. The van der Waals surface area contributed by atoms with E-state index in [-0.39, 0.29) is 24.3 Å². The van der Waals surface area contributed by atoms with Gasteiger partial charge in [0.05, 0.1) is 0 Å². The standard InChI is InChI=1S/C6H18NO10P3/c1-4-7(5-2,6-3)15-19(11,12)17-20(13,14)16-18(8,9)10/h4-6H2,1-3H3,(H3-,8,9,10,11,12,13,14)/p+1. The second kappa shape index (κ2) is 7.09. The number of rotatable bonds is 9. The van der Waals surface area contributed by atoms with Gasteiger partial charge in [0.15, 0.2) is 0 Å². The molecule has 0 saturated carbocycles. The summed E-state index contributed by atoms with van der Waals surface area (Å²) in [5, 5.41) is 0. The highest BCUT2D eigenvalue weighted by Gasteiger charge is 2.45. The molecular weight excluding hydrogens is 339 g/mol. The van der Waals surface area contributed by atoms with Crippen LogP contribution in [0.4, 0.5) is 0 Å². The molecule has 0 rings (SSSR count). The van der Waals surface area contributed by atoms with E-state index in [2.05, 4.69) is 8.62 Å². The molecule has 0 fully saturated rings. The molecule has 11 nitrogen and oxygen atoms in total. The third-order valence-electron chi connectivity index (χ3n) is 2.42. The SMILES string of the molecule is CC[N+](CC)(CC)OP(=O)(O)OP(=O)(O)OP(=O)(O)O. The molecule has 0 saturated heterocycles. The average molecular weight is 358 g/mol. The van der Waals surface area contributed by atoms with Crippen LogP contribution in [0.25, 0.3) is 0 Å². The van der Waals surface area contributed by atoms with Gasteiger partial charge in [-0.15, -0.1) is 0 Å². The first-order valence-corrected chi connectivity index (χ1v) is 10.0. The van der Waals surface area contributed by atoms with E-state index in [0.717, 1.165) is 0 Å². The maximum absolute atomic E-state index is 11.6. The van der Waals surface area contributed by atoms with E-state index in [1.165, 1.54) is 0 Å². The van der Waals surface area contributed by atoms with Crippen molar-refractivity contribution in [1.82, 2.24) is 0 Å². The third kappa shape index (κ3) is 7.40. The second-order valence-corrected chi connectivity index (χ2v) is 8.00. The van der Waals surface area contributed by atoms with Crippen molar-refractivity contribution < 1.29 is 51.2 Å². The first-order valence-electron chi connectivity index (χ1n) is 5.51. The normalized spacial score (nSPS) is 19.4. The maximum Gasteiger partial charge on any atom is 0.527 e. The summed E-state index contributed by atoms with van der Waals surface area (Å²) in [5.41, 5.74) is 0. The lowest BCUT2D eigenvalue weighted by Gasteiger charge is -2.32. The van der Waals surface area contributed by atoms with Gasteiger partial charge in [0, 0.05) is 0 Å². The van der Waals surface area contributed by atoms with Gasteiger partial charge in [-0.3, -0.25) is 4.89 Å². The minimum atomic E-state index is -5.46. The number of nitrogens with zero attached hydrogens (tertiary/aromatic N) is 1. The maximum atomic E-state index is 11.6. The predicted octanol–water partition coefficient (Wildman–Crippen LogP) is 1.12. The number of quaternary nitrogens is 1. The van der Waals surface area contributed by atoms with Gasteiger partial charge in [-0.25, -0.2) is 13.7 Å². The largest absolute Gasteiger partial charge is 0.527 e. The molecule has 122 valence electrons. The van der Waals surface area contributed by atoms with Gasteiger partial charge < -0.3 is 14.7 Å². The van der Waals surface area contributed by atoms with Gasteiger partial charge in [-0.1, -0.05) is 4.62 Å². The van der Waals surface area contributed by atoms with E-state index in [4.69, 9.17) is 19.3 Å². The molecule has 4 N–H and O–H groups in total. The smallest absolute Gasteiger partial charge is 0.302 e. The quantitative estimate of drug-likeness (QED) is 0.267. The number of phosphoric acid groups is 3. The number of hydrogen-bond donors (Lipinski definition) is 4. The molecule has 0 aromatic carbocycles. The molecule has 0 radical (unpaired) electrons. The zero-order valence-corrected chi connectivity index (χ0v) is 13.8. The molecule has 0 aromatic rings. The second-order valence-electron chi connectivity index (χ2n) is 3.68. The van der Waals surface area contributed by atoms with Crippen molar-refractivity contribution in [2.75, 3.05) is 19.6 Å². The molecule has 0 aliphatic carbocycles. The van der Waals surface area contributed by atoms with Gasteiger partial charge in [0.1, 0.15) is 19.6 Å². The molecule has 0 aromatic heterocycles. The zero-order chi connectivity index (χ0) is 16.2. The summed E-state index contributed by atoms with van der Waals surface area (Å²) in [6.07, 6.45) is 0. The van der Waals surface area contributed by atoms with Gasteiger partial charge in [-0.05, 0) is 20.8 Å². The lowest BCUT2D eigenvalue weighted by atomic mass is 10.5. The number of hydrogen-bond acceptors (Lipinski definition) is 6. The van der Waals surface area contributed by atoms with Gasteiger partial charge >= 0.3 is 23.5 Å². The van der Waals surface area contributed by atoms with Gasteiger partial charge in [0.2, 0.25) is 0 Å². The van der Waals surface area contributed by atoms with Crippen molar-refractivity contribution in [2.24, 2.45) is 0 Å². The van der Waals surface area contributed by atoms with Crippen LogP contribution >= 0.6 is 23.5 Å². The molecule has 2 unspecified atom stereocenters. The Labute approximate surface area is 116 Å². The lowest BCUT2D eigenvalue weighted by molar-refractivity contribution is -1.08. The van der Waals surface area contributed by atoms with E-state index in [1.54, 1.807) is 20.8 Å². The molecule has 0 heterocycles. The van der Waals surface area contributed by atoms with E-state index < -0.39 is 23.5 Å². The van der Waals surface area contributed by atoms with Crippen LogP contribution in [0.2, 0.25) is 0 Å². The zero-order valence-electron chi connectivity index (χ0n) is 11.1. The highest BCUT2D eigenvalue weighted by molar-refractivity contribution is 7.66. The van der Waals surface area contributed by atoms with Crippen LogP contribution in [0.3, 0.4) is 0 Å². The van der Waals surface area contributed by atoms with Crippen LogP contribution in [0, 0.1) is 0 Å². The Balaban J connectivity index is 5.04. The Bertz CT molecular complexity index is 448. The molecule has 0 aliphatic rings. The molecule has 14 heteroatoms. The summed E-state index contributed by atoms with van der Waals surface area (Å²) in [5.74, 6) is 0. The monoisotopic (exact) mass is 358 g/mol. The summed E-state index contributed by atoms with van der Waals surface area (Å²) in [6.45, 7) is 5.73. The summed E-state index contributed by atoms with van der Waals surface area (Å²) in [7, 11) is -15.9. The summed E-state index contributed by atoms with van der Waals surface area (Å²) < 4.78 is 44.9. The van der Waals surface area contributed by atoms with Crippen LogP contribution in [0.5, 0.6) is 0 Å². The fourth-order valence-electron chi connectivity index (χ4n) is 1.36. The molecule has 0 aliphatic heterocycles. The fourth-order valence-corrected chi connectivity index (χ4v) is 4.77. The highest BCUT2D eigenvalue weighted by atomic mass is 31.3. The fraction of sp³-hybridized carbons (Fsp3) is 1.00. The third-order valence-corrected chi connectivity index (χ3v) is 6.30. The Morgan fingerprint density at radius 3 is 1.50 bits per heavy atom. The predicted molar refractivity (Wildman–Crippen MR) is 66.8 cm³/mol. The van der Waals surface area contributed by atoms with Gasteiger partial charge in [0.25, 0.3) is 0 Å². The molecule has 0 spiro atoms. The minimum Gasteiger partial charge on any atom is -0.302 e. The summed E-state index contributed by atoms with van der Waals surface area (Å²) in [4.78, 5) is 35.2. The molecule has 0 bridgehead atoms. The van der Waals surface area contributed by atoms with Crippen LogP contribution in [-0.4, -0.2) is 43.9 Å². The van der Waals surface area contributed by atoms with Crippen molar-refractivity contribution in [3.8, 4) is 0 Å². The van der Waals surface area contributed by atoms with Crippen molar-refractivity contribution in [3.63, 3.8) is 0 Å². The average Bonchev–Trinajstić information content (AvgIpc) is 2.20. The molecule has 2 atom stereocenters. The van der Waals surface area contributed by atoms with Crippen LogP contribution in [-0.2, 0) is 26.9 Å². The Kier molecular flexibility index (Phi) is 7.22. The minimum absolute atomic E-state index is 0.260. The summed E-state index contributed by atoms with van der Waals surface area (Å²) >= 11 is 0. The first-order chi connectivity index (χ1) is 8.80. The Morgan fingerprint density at radius 1 is 0.800 bits per heavy atom. The van der Waals surface area contributed by atoms with Crippen molar-refractivity contribution in [3.05, 3.63) is 0 Å². The number of hydroxylamine groups is 3. The Morgan fingerprint density at radius 2 is 1.20 bits per heavy atom. The van der Waals surface area contributed by atoms with Crippen molar-refractivity contribution >= 4 is 23.5 Å². The topological polar surface area (TPSA) is 160 Å². The molecule has 20 heavy (non-hydrogen) atoms. The molecule has 0 amide bonds. The van der Waals surface area contributed by atoms with E-state index in [9.17, 15) is 18.6 Å². The van der Waals surface area contributed by atoms with Gasteiger partial charge in [-0.2, -0.15) is 13.3 Å². The van der Waals surface area contributed by atoms with Crippen molar-refractivity contribution in [2.45, 2.75) is 20.8 Å². The van der Waals surface area contributed by atoms with Crippen LogP contribution in [0.15, 0.2) is 0 Å². The van der Waals surface area contributed by atoms with E-state index >= 15 is 0 Å². The molecular formula is C6H19NO10P3+. The summed E-state index contributed by atoms with van der Waals surface area (Å²) in [6, 6.07) is 0. The van der Waals surface area contributed by atoms with Crippen molar-refractivity contribution in [1.29, 1.82) is 0 Å². The van der Waals surface area contributed by atoms with E-state index in [1.807, 2.05) is 0 Å².